The second-order valence-corrected chi connectivity index (χ2v) is 6.77. The monoisotopic (exact) mass is 272 g/mol. The van der Waals surface area contributed by atoms with E-state index in [-0.39, 0.29) is 0 Å². The van der Waals surface area contributed by atoms with Crippen LogP contribution >= 0.6 is 0 Å². The van der Waals surface area contributed by atoms with Crippen molar-refractivity contribution in [3.63, 3.8) is 0 Å². The van der Waals surface area contributed by atoms with Gasteiger partial charge in [-0.1, -0.05) is 6.42 Å². The van der Waals surface area contributed by atoms with E-state index in [4.69, 9.17) is 0 Å². The summed E-state index contributed by atoms with van der Waals surface area (Å²) in [7, 11) is 0. The molecule has 2 heterocycles. The van der Waals surface area contributed by atoms with Crippen molar-refractivity contribution in [3.8, 4) is 0 Å². The highest BCUT2D eigenvalue weighted by Crippen LogP contribution is 2.48. The Hall–Kier alpha value is -1.32. The Morgan fingerprint density at radius 1 is 1.15 bits per heavy atom. The minimum absolute atomic E-state index is 0.874. The maximum Gasteiger partial charge on any atom is 0.134 e. The molecule has 1 aromatic heterocycles. The third kappa shape index (κ3) is 2.36. The number of anilines is 2. The topological polar surface area (TPSA) is 41.1 Å². The number of nitrogens with one attached hydrogen (secondary N) is 1. The molecule has 2 saturated carbocycles. The summed E-state index contributed by atoms with van der Waals surface area (Å²) in [6, 6.07) is 2.12. The van der Waals surface area contributed by atoms with Crippen molar-refractivity contribution < 1.29 is 0 Å². The molecule has 0 spiro atoms. The van der Waals surface area contributed by atoms with Crippen LogP contribution < -0.4 is 10.2 Å². The largest absolute Gasteiger partial charge is 0.370 e. The van der Waals surface area contributed by atoms with Gasteiger partial charge in [0.1, 0.15) is 18.0 Å². The van der Waals surface area contributed by atoms with Gasteiger partial charge in [0.2, 0.25) is 0 Å². The highest BCUT2D eigenvalue weighted by molar-refractivity contribution is 5.48. The Bertz CT molecular complexity index is 469. The smallest absolute Gasteiger partial charge is 0.134 e. The lowest BCUT2D eigenvalue weighted by atomic mass is 9.89. The normalized spacial score (nSPS) is 32.0. The van der Waals surface area contributed by atoms with Crippen LogP contribution in [0.3, 0.4) is 0 Å². The van der Waals surface area contributed by atoms with Gasteiger partial charge in [-0.3, -0.25) is 0 Å². The first-order chi connectivity index (χ1) is 9.88. The molecule has 0 amide bonds. The Morgan fingerprint density at radius 3 is 2.80 bits per heavy atom. The molecule has 1 saturated heterocycles. The fraction of sp³-hybridized carbons (Fsp3) is 0.750. The molecule has 4 heteroatoms. The van der Waals surface area contributed by atoms with Gasteiger partial charge in [0.05, 0.1) is 0 Å². The average Bonchev–Trinajstić information content (AvgIpc) is 3.22. The molecule has 108 valence electrons. The van der Waals surface area contributed by atoms with Gasteiger partial charge in [-0.25, -0.2) is 9.97 Å². The van der Waals surface area contributed by atoms with Crippen LogP contribution in [0.1, 0.15) is 38.5 Å². The quantitative estimate of drug-likeness (QED) is 0.915. The first-order valence-electron chi connectivity index (χ1n) is 8.19. The lowest BCUT2D eigenvalue weighted by molar-refractivity contribution is 0.348. The molecular formula is C16H24N4. The molecule has 1 N–H and O–H groups in total. The van der Waals surface area contributed by atoms with Gasteiger partial charge in [-0.15, -0.1) is 0 Å². The summed E-state index contributed by atoms with van der Waals surface area (Å²) in [5.74, 6) is 4.97. The van der Waals surface area contributed by atoms with Crippen molar-refractivity contribution >= 4 is 11.6 Å². The summed E-state index contributed by atoms with van der Waals surface area (Å²) in [5.41, 5.74) is 0. The number of fused-ring (bicyclic) bond motifs is 2. The molecule has 3 aliphatic rings. The molecule has 2 bridgehead atoms. The Morgan fingerprint density at radius 2 is 2.05 bits per heavy atom. The minimum Gasteiger partial charge on any atom is -0.370 e. The van der Waals surface area contributed by atoms with Crippen molar-refractivity contribution in [3.05, 3.63) is 12.4 Å². The molecule has 4 rings (SSSR count). The SMILES string of the molecule is c1nc(NCC2CC3CCC2C3)cc(N2CCCC2)n1. The van der Waals surface area contributed by atoms with Crippen LogP contribution in [0.4, 0.5) is 11.6 Å². The van der Waals surface area contributed by atoms with Crippen molar-refractivity contribution in [2.75, 3.05) is 29.9 Å². The minimum atomic E-state index is 0.874. The number of hydrogen-bond donors (Lipinski definition) is 1. The molecule has 4 nitrogen and oxygen atoms in total. The summed E-state index contributed by atoms with van der Waals surface area (Å²) in [6.45, 7) is 3.38. The van der Waals surface area contributed by atoms with Gasteiger partial charge in [0.25, 0.3) is 0 Å². The summed E-state index contributed by atoms with van der Waals surface area (Å²) in [6.07, 6.45) is 10.1. The molecule has 1 aromatic rings. The van der Waals surface area contributed by atoms with Crippen molar-refractivity contribution in [1.29, 1.82) is 0 Å². The van der Waals surface area contributed by atoms with Crippen LogP contribution in [0.5, 0.6) is 0 Å². The van der Waals surface area contributed by atoms with E-state index in [0.29, 0.717) is 0 Å². The van der Waals surface area contributed by atoms with E-state index in [9.17, 15) is 0 Å². The molecule has 1 aliphatic heterocycles. The third-order valence-electron chi connectivity index (χ3n) is 5.51. The van der Waals surface area contributed by atoms with E-state index in [1.807, 2.05) is 0 Å². The molecule has 3 unspecified atom stereocenters. The van der Waals surface area contributed by atoms with E-state index in [0.717, 1.165) is 49.0 Å². The van der Waals surface area contributed by atoms with E-state index in [1.165, 1.54) is 38.5 Å². The van der Waals surface area contributed by atoms with E-state index in [1.54, 1.807) is 6.33 Å². The van der Waals surface area contributed by atoms with Gasteiger partial charge >= 0.3 is 0 Å². The highest BCUT2D eigenvalue weighted by Gasteiger charge is 2.39. The maximum atomic E-state index is 4.41. The van der Waals surface area contributed by atoms with Crippen LogP contribution in [-0.4, -0.2) is 29.6 Å². The van der Waals surface area contributed by atoms with Crippen LogP contribution in [-0.2, 0) is 0 Å². The molecule has 3 fully saturated rings. The van der Waals surface area contributed by atoms with E-state index < -0.39 is 0 Å². The highest BCUT2D eigenvalue weighted by atomic mass is 15.2. The summed E-state index contributed by atoms with van der Waals surface area (Å²) in [5, 5.41) is 3.56. The van der Waals surface area contributed by atoms with Crippen LogP contribution in [0.2, 0.25) is 0 Å². The average molecular weight is 272 g/mol. The zero-order valence-electron chi connectivity index (χ0n) is 12.1. The molecule has 20 heavy (non-hydrogen) atoms. The third-order valence-corrected chi connectivity index (χ3v) is 5.51. The molecule has 0 radical (unpaired) electrons. The lowest BCUT2D eigenvalue weighted by Crippen LogP contribution is -2.22. The number of aromatic nitrogens is 2. The van der Waals surface area contributed by atoms with E-state index in [2.05, 4.69) is 26.3 Å². The van der Waals surface area contributed by atoms with Gasteiger partial charge in [0, 0.05) is 25.7 Å². The molecule has 2 aliphatic carbocycles. The van der Waals surface area contributed by atoms with Gasteiger partial charge < -0.3 is 10.2 Å². The molecular weight excluding hydrogens is 248 g/mol. The second-order valence-electron chi connectivity index (χ2n) is 6.77. The lowest BCUT2D eigenvalue weighted by Gasteiger charge is -2.22. The van der Waals surface area contributed by atoms with Gasteiger partial charge in [-0.05, 0) is 49.9 Å². The number of hydrogen-bond acceptors (Lipinski definition) is 4. The fourth-order valence-electron chi connectivity index (χ4n) is 4.43. The van der Waals surface area contributed by atoms with Gasteiger partial charge in [-0.2, -0.15) is 0 Å². The first kappa shape index (κ1) is 12.4. The van der Waals surface area contributed by atoms with Crippen molar-refractivity contribution in [2.45, 2.75) is 38.5 Å². The second kappa shape index (κ2) is 5.23. The molecule has 3 atom stereocenters. The summed E-state index contributed by atoms with van der Waals surface area (Å²) < 4.78 is 0. The predicted molar refractivity (Wildman–Crippen MR) is 80.9 cm³/mol. The Balaban J connectivity index is 1.37. The predicted octanol–water partition coefficient (Wildman–Crippen LogP) is 2.92. The standard InChI is InChI=1S/C16H24N4/c1-2-6-20(5-1)16-9-15(18-11-19-16)17-10-14-8-12-3-4-13(14)7-12/h9,11-14H,1-8,10H2,(H,17,18,19). The fourth-order valence-corrected chi connectivity index (χ4v) is 4.43. The molecule has 0 aromatic carbocycles. The van der Waals surface area contributed by atoms with Crippen LogP contribution in [0.15, 0.2) is 12.4 Å². The van der Waals surface area contributed by atoms with Crippen LogP contribution in [0, 0.1) is 17.8 Å². The zero-order valence-corrected chi connectivity index (χ0v) is 12.1. The Kier molecular flexibility index (Phi) is 3.25. The van der Waals surface area contributed by atoms with Gasteiger partial charge in [0.15, 0.2) is 0 Å². The number of rotatable bonds is 4. The zero-order chi connectivity index (χ0) is 13.4. The summed E-state index contributed by atoms with van der Waals surface area (Å²) >= 11 is 0. The van der Waals surface area contributed by atoms with Crippen LogP contribution in [0.25, 0.3) is 0 Å². The van der Waals surface area contributed by atoms with Crippen molar-refractivity contribution in [1.82, 2.24) is 9.97 Å². The first-order valence-corrected chi connectivity index (χ1v) is 8.19. The number of nitrogens with zero attached hydrogens (tertiary/aromatic N) is 3. The Labute approximate surface area is 121 Å². The summed E-state index contributed by atoms with van der Waals surface area (Å²) in [4.78, 5) is 11.2. The van der Waals surface area contributed by atoms with E-state index >= 15 is 0 Å². The van der Waals surface area contributed by atoms with Crippen molar-refractivity contribution in [2.24, 2.45) is 17.8 Å². The maximum absolute atomic E-state index is 4.41.